The van der Waals surface area contributed by atoms with E-state index in [-0.39, 0.29) is 6.61 Å². The second kappa shape index (κ2) is 6.01. The first kappa shape index (κ1) is 15.3. The van der Waals surface area contributed by atoms with Crippen LogP contribution in [0.4, 0.5) is 11.8 Å². The van der Waals surface area contributed by atoms with Crippen molar-refractivity contribution >= 4 is 11.8 Å². The van der Waals surface area contributed by atoms with Crippen LogP contribution in [0.3, 0.4) is 0 Å². The molecule has 2 saturated carbocycles. The molecule has 0 aromatic carbocycles. The molecule has 2 aromatic heterocycles. The molecule has 3 N–H and O–H groups in total. The van der Waals surface area contributed by atoms with Gasteiger partial charge >= 0.3 is 0 Å². The van der Waals surface area contributed by atoms with Gasteiger partial charge in [-0.25, -0.2) is 4.98 Å². The van der Waals surface area contributed by atoms with Gasteiger partial charge in [0.05, 0.1) is 0 Å². The molecule has 0 unspecified atom stereocenters. The molecule has 0 amide bonds. The number of hydrogen-bond acceptors (Lipinski definition) is 7. The number of nitrogens with one attached hydrogen (secondary N) is 2. The van der Waals surface area contributed by atoms with E-state index in [1.807, 2.05) is 20.0 Å². The highest BCUT2D eigenvalue weighted by Gasteiger charge is 2.38. The summed E-state index contributed by atoms with van der Waals surface area (Å²) in [6.07, 6.45) is 4.30. The van der Waals surface area contributed by atoms with E-state index in [1.165, 1.54) is 0 Å². The summed E-state index contributed by atoms with van der Waals surface area (Å²) in [6, 6.07) is 2.76. The van der Waals surface area contributed by atoms with E-state index in [4.69, 9.17) is 0 Å². The van der Waals surface area contributed by atoms with Gasteiger partial charge in [0.2, 0.25) is 5.95 Å². The van der Waals surface area contributed by atoms with Crippen molar-refractivity contribution in [1.82, 2.24) is 24.7 Å². The predicted octanol–water partition coefficient (Wildman–Crippen LogP) is 1.60. The molecule has 0 saturated heterocycles. The molecule has 2 fully saturated rings. The predicted molar refractivity (Wildman–Crippen MR) is 89.9 cm³/mol. The van der Waals surface area contributed by atoms with E-state index in [2.05, 4.69) is 35.4 Å². The molecule has 8 nitrogen and oxygen atoms in total. The van der Waals surface area contributed by atoms with E-state index in [0.717, 1.165) is 43.0 Å². The van der Waals surface area contributed by atoms with Crippen molar-refractivity contribution in [1.29, 1.82) is 0 Å². The monoisotopic (exact) mass is 329 g/mol. The van der Waals surface area contributed by atoms with E-state index in [9.17, 15) is 5.11 Å². The van der Waals surface area contributed by atoms with Gasteiger partial charge in [0.1, 0.15) is 18.2 Å². The lowest BCUT2D eigenvalue weighted by molar-refractivity contribution is 0.262. The SMILES string of the molecule is CNc1cc(C)nc(NC2CC(c3nnc(CO)n3C3CC3)C2)n1. The number of rotatable bonds is 6. The summed E-state index contributed by atoms with van der Waals surface area (Å²) in [4.78, 5) is 8.89. The molecule has 2 aromatic rings. The highest BCUT2D eigenvalue weighted by molar-refractivity contribution is 5.42. The molecule has 2 heterocycles. The normalized spacial score (nSPS) is 23.0. The zero-order valence-electron chi connectivity index (χ0n) is 14.0. The molecule has 0 bridgehead atoms. The molecular formula is C16H23N7O. The summed E-state index contributed by atoms with van der Waals surface area (Å²) in [5, 5.41) is 24.4. The fourth-order valence-electron chi connectivity index (χ4n) is 3.34. The van der Waals surface area contributed by atoms with Crippen LogP contribution in [0.5, 0.6) is 0 Å². The van der Waals surface area contributed by atoms with Gasteiger partial charge < -0.3 is 20.3 Å². The molecule has 2 aliphatic carbocycles. The first-order valence-corrected chi connectivity index (χ1v) is 8.52. The lowest BCUT2D eigenvalue weighted by Gasteiger charge is -2.35. The molecule has 24 heavy (non-hydrogen) atoms. The van der Waals surface area contributed by atoms with Gasteiger partial charge in [-0.15, -0.1) is 10.2 Å². The molecule has 4 rings (SSSR count). The van der Waals surface area contributed by atoms with E-state index < -0.39 is 0 Å². The fraction of sp³-hybridized carbons (Fsp3) is 0.625. The van der Waals surface area contributed by atoms with Crippen LogP contribution in [0.25, 0.3) is 0 Å². The highest BCUT2D eigenvalue weighted by Crippen LogP contribution is 2.43. The molecule has 0 spiro atoms. The van der Waals surface area contributed by atoms with Crippen molar-refractivity contribution in [2.45, 2.75) is 57.2 Å². The highest BCUT2D eigenvalue weighted by atomic mass is 16.3. The Labute approximate surface area is 140 Å². The van der Waals surface area contributed by atoms with Crippen LogP contribution in [0.1, 0.15) is 55.0 Å². The Balaban J connectivity index is 1.42. The van der Waals surface area contributed by atoms with Gasteiger partial charge in [-0.2, -0.15) is 4.98 Å². The number of aromatic nitrogens is 5. The standard InChI is InChI=1S/C16H23N7O/c1-9-5-13(17-2)20-16(18-9)19-11-6-10(7-11)15-22-21-14(8-24)23(15)12-3-4-12/h5,10-12,24H,3-4,6-8H2,1-2H3,(H2,17,18,19,20). The Bertz CT molecular complexity index is 734. The second-order valence-electron chi connectivity index (χ2n) is 6.71. The van der Waals surface area contributed by atoms with Gasteiger partial charge in [0, 0.05) is 36.8 Å². The summed E-state index contributed by atoms with van der Waals surface area (Å²) in [6.45, 7) is 1.92. The minimum absolute atomic E-state index is 0.0399. The number of anilines is 2. The van der Waals surface area contributed by atoms with Crippen molar-refractivity contribution in [2.75, 3.05) is 17.7 Å². The smallest absolute Gasteiger partial charge is 0.225 e. The van der Waals surface area contributed by atoms with Crippen LogP contribution in [0, 0.1) is 6.92 Å². The Morgan fingerprint density at radius 1 is 1.25 bits per heavy atom. The summed E-state index contributed by atoms with van der Waals surface area (Å²) in [5.41, 5.74) is 0.939. The number of aliphatic hydroxyl groups excluding tert-OH is 1. The van der Waals surface area contributed by atoms with Crippen LogP contribution < -0.4 is 10.6 Å². The number of aliphatic hydroxyl groups is 1. The summed E-state index contributed by atoms with van der Waals surface area (Å²) < 4.78 is 2.16. The van der Waals surface area contributed by atoms with Gasteiger partial charge in [-0.1, -0.05) is 0 Å². The molecule has 0 atom stereocenters. The van der Waals surface area contributed by atoms with Gasteiger partial charge in [-0.05, 0) is 32.6 Å². The van der Waals surface area contributed by atoms with Crippen molar-refractivity contribution in [2.24, 2.45) is 0 Å². The Kier molecular flexibility index (Phi) is 3.84. The summed E-state index contributed by atoms with van der Waals surface area (Å²) >= 11 is 0. The number of aryl methyl sites for hydroxylation is 1. The molecule has 8 heteroatoms. The maximum atomic E-state index is 9.44. The summed E-state index contributed by atoms with van der Waals surface area (Å²) in [7, 11) is 1.86. The summed E-state index contributed by atoms with van der Waals surface area (Å²) in [5.74, 6) is 3.61. The lowest BCUT2D eigenvalue weighted by atomic mass is 9.79. The Hall–Kier alpha value is -2.22. The van der Waals surface area contributed by atoms with Crippen molar-refractivity contribution in [3.63, 3.8) is 0 Å². The third kappa shape index (κ3) is 2.82. The molecule has 128 valence electrons. The maximum Gasteiger partial charge on any atom is 0.225 e. The van der Waals surface area contributed by atoms with Crippen LogP contribution >= 0.6 is 0 Å². The third-order valence-electron chi connectivity index (χ3n) is 4.79. The topological polar surface area (TPSA) is 101 Å². The average molecular weight is 329 g/mol. The zero-order chi connectivity index (χ0) is 16.7. The number of hydrogen-bond donors (Lipinski definition) is 3. The third-order valence-corrected chi connectivity index (χ3v) is 4.79. The van der Waals surface area contributed by atoms with E-state index in [1.54, 1.807) is 0 Å². The van der Waals surface area contributed by atoms with Crippen molar-refractivity contribution in [3.05, 3.63) is 23.4 Å². The van der Waals surface area contributed by atoms with Gasteiger partial charge in [0.15, 0.2) is 5.82 Å². The largest absolute Gasteiger partial charge is 0.388 e. The minimum Gasteiger partial charge on any atom is -0.388 e. The molecular weight excluding hydrogens is 306 g/mol. The minimum atomic E-state index is -0.0399. The second-order valence-corrected chi connectivity index (χ2v) is 6.71. The molecule has 0 radical (unpaired) electrons. The average Bonchev–Trinajstić information content (AvgIpc) is 3.29. The maximum absolute atomic E-state index is 9.44. The Morgan fingerprint density at radius 3 is 2.71 bits per heavy atom. The lowest BCUT2D eigenvalue weighted by Crippen LogP contribution is -2.36. The number of nitrogens with zero attached hydrogens (tertiary/aromatic N) is 5. The molecule has 0 aliphatic heterocycles. The van der Waals surface area contributed by atoms with E-state index >= 15 is 0 Å². The zero-order valence-corrected chi connectivity index (χ0v) is 14.0. The quantitative estimate of drug-likeness (QED) is 0.740. The first-order valence-electron chi connectivity index (χ1n) is 8.52. The molecule has 2 aliphatic rings. The van der Waals surface area contributed by atoms with Crippen LogP contribution in [0.15, 0.2) is 6.07 Å². The van der Waals surface area contributed by atoms with Gasteiger partial charge in [0.25, 0.3) is 0 Å². The van der Waals surface area contributed by atoms with Crippen LogP contribution in [-0.4, -0.2) is 42.9 Å². The fourth-order valence-corrected chi connectivity index (χ4v) is 3.34. The van der Waals surface area contributed by atoms with Crippen LogP contribution in [-0.2, 0) is 6.61 Å². The van der Waals surface area contributed by atoms with Gasteiger partial charge in [-0.3, -0.25) is 0 Å². The van der Waals surface area contributed by atoms with Crippen LogP contribution in [0.2, 0.25) is 0 Å². The van der Waals surface area contributed by atoms with Crippen molar-refractivity contribution < 1.29 is 5.11 Å². The van der Waals surface area contributed by atoms with E-state index in [0.29, 0.717) is 29.8 Å². The first-order chi connectivity index (χ1) is 11.7. The van der Waals surface area contributed by atoms with Crippen molar-refractivity contribution in [3.8, 4) is 0 Å². The Morgan fingerprint density at radius 2 is 2.04 bits per heavy atom.